The lowest BCUT2D eigenvalue weighted by atomic mass is 10.2. The summed E-state index contributed by atoms with van der Waals surface area (Å²) >= 11 is 0. The molecule has 0 aliphatic heterocycles. The maximum atomic E-state index is 11.5. The molecule has 17 heavy (non-hydrogen) atoms. The average Bonchev–Trinajstić information content (AvgIpc) is 2.34. The third kappa shape index (κ3) is 4.42. The van der Waals surface area contributed by atoms with Crippen molar-refractivity contribution < 1.29 is 9.59 Å². The lowest BCUT2D eigenvalue weighted by Crippen LogP contribution is -2.26. The third-order valence-corrected chi connectivity index (χ3v) is 2.15. The van der Waals surface area contributed by atoms with Gasteiger partial charge >= 0.3 is 0 Å². The minimum atomic E-state index is -0.580. The molecule has 0 bridgehead atoms. The van der Waals surface area contributed by atoms with Crippen molar-refractivity contribution in [3.8, 4) is 0 Å². The van der Waals surface area contributed by atoms with E-state index in [1.165, 1.54) is 0 Å². The van der Waals surface area contributed by atoms with Crippen LogP contribution in [0, 0.1) is 4.91 Å². The van der Waals surface area contributed by atoms with Gasteiger partial charge in [0, 0.05) is 12.8 Å². The number of nitroso groups, excluding NO2 is 1. The first kappa shape index (κ1) is 12.8. The second-order valence-electron chi connectivity index (χ2n) is 3.48. The molecule has 1 rings (SSSR count). The van der Waals surface area contributed by atoms with Crippen molar-refractivity contribution in [2.45, 2.75) is 19.4 Å². The van der Waals surface area contributed by atoms with Crippen LogP contribution in [0.1, 0.15) is 18.4 Å². The highest BCUT2D eigenvalue weighted by molar-refractivity contribution is 5.82. The molecule has 1 aromatic rings. The first-order chi connectivity index (χ1) is 8.13. The molecule has 0 saturated heterocycles. The van der Waals surface area contributed by atoms with Crippen molar-refractivity contribution in [1.29, 1.82) is 0 Å². The highest BCUT2D eigenvalue weighted by atomic mass is 16.3. The van der Waals surface area contributed by atoms with Gasteiger partial charge in [0.25, 0.3) is 0 Å². The predicted molar refractivity (Wildman–Crippen MR) is 61.2 cm³/mol. The maximum absolute atomic E-state index is 11.5. The molecule has 0 unspecified atom stereocenters. The summed E-state index contributed by atoms with van der Waals surface area (Å²) in [5.74, 6) is -1.09. The zero-order valence-corrected chi connectivity index (χ0v) is 9.20. The van der Waals surface area contributed by atoms with Gasteiger partial charge in [-0.2, -0.15) is 5.01 Å². The van der Waals surface area contributed by atoms with Gasteiger partial charge in [0.05, 0.1) is 11.8 Å². The van der Waals surface area contributed by atoms with Gasteiger partial charge in [0.15, 0.2) is 0 Å². The largest absolute Gasteiger partial charge is 0.370 e. The summed E-state index contributed by atoms with van der Waals surface area (Å²) < 4.78 is 0. The molecule has 0 radical (unpaired) electrons. The van der Waals surface area contributed by atoms with E-state index in [4.69, 9.17) is 5.73 Å². The van der Waals surface area contributed by atoms with Gasteiger partial charge in [-0.1, -0.05) is 30.3 Å². The number of rotatable bonds is 6. The molecule has 6 nitrogen and oxygen atoms in total. The molecule has 0 heterocycles. The van der Waals surface area contributed by atoms with Gasteiger partial charge in [-0.3, -0.25) is 9.59 Å². The van der Waals surface area contributed by atoms with Crippen molar-refractivity contribution >= 4 is 11.8 Å². The molecule has 0 spiro atoms. The van der Waals surface area contributed by atoms with Gasteiger partial charge in [0.2, 0.25) is 11.8 Å². The molecular formula is C11H13N3O3. The average molecular weight is 235 g/mol. The molecule has 0 atom stereocenters. The van der Waals surface area contributed by atoms with Crippen LogP contribution < -0.4 is 5.73 Å². The number of amides is 2. The van der Waals surface area contributed by atoms with Gasteiger partial charge in [-0.15, -0.1) is 4.91 Å². The number of hydrogen-bond acceptors (Lipinski definition) is 4. The van der Waals surface area contributed by atoms with Crippen molar-refractivity contribution in [1.82, 2.24) is 5.01 Å². The summed E-state index contributed by atoms with van der Waals surface area (Å²) in [6, 6.07) is 8.98. The molecular weight excluding hydrogens is 222 g/mol. The molecule has 2 amide bonds. The Kier molecular flexibility index (Phi) is 4.80. The third-order valence-electron chi connectivity index (χ3n) is 2.15. The fraction of sp³-hybridized carbons (Fsp3) is 0.273. The van der Waals surface area contributed by atoms with E-state index in [0.717, 1.165) is 10.6 Å². The number of carbonyl (C=O) groups is 2. The Morgan fingerprint density at radius 2 is 1.82 bits per heavy atom. The minimum absolute atomic E-state index is 0.0837. The van der Waals surface area contributed by atoms with Gasteiger partial charge in [-0.05, 0) is 5.56 Å². The predicted octanol–water partition coefficient (Wildman–Crippen LogP) is 0.962. The number of nitrogens with two attached hydrogens (primary N) is 1. The Bertz CT molecular complexity index is 406. The quantitative estimate of drug-likeness (QED) is 0.587. The Labute approximate surface area is 98.3 Å². The number of nitrogens with zero attached hydrogens (tertiary/aromatic N) is 2. The Hall–Kier alpha value is -2.24. The van der Waals surface area contributed by atoms with Crippen molar-refractivity contribution in [2.24, 2.45) is 11.0 Å². The highest BCUT2D eigenvalue weighted by Gasteiger charge is 2.15. The normalized spacial score (nSPS) is 9.65. The van der Waals surface area contributed by atoms with Crippen LogP contribution in [0.3, 0.4) is 0 Å². The zero-order valence-electron chi connectivity index (χ0n) is 9.20. The topological polar surface area (TPSA) is 92.8 Å². The van der Waals surface area contributed by atoms with E-state index in [2.05, 4.69) is 5.29 Å². The molecule has 0 saturated carbocycles. The monoisotopic (exact) mass is 235 g/mol. The van der Waals surface area contributed by atoms with Crippen LogP contribution >= 0.6 is 0 Å². The van der Waals surface area contributed by atoms with Crippen LogP contribution in [-0.4, -0.2) is 16.8 Å². The molecule has 90 valence electrons. The summed E-state index contributed by atoms with van der Waals surface area (Å²) in [7, 11) is 0. The number of hydrogen-bond donors (Lipinski definition) is 1. The number of primary amides is 1. The lowest BCUT2D eigenvalue weighted by molar-refractivity contribution is -0.133. The number of benzene rings is 1. The molecule has 2 N–H and O–H groups in total. The van der Waals surface area contributed by atoms with Crippen LogP contribution in [0.15, 0.2) is 35.6 Å². The minimum Gasteiger partial charge on any atom is -0.370 e. The summed E-state index contributed by atoms with van der Waals surface area (Å²) in [5.41, 5.74) is 5.71. The Morgan fingerprint density at radius 1 is 1.18 bits per heavy atom. The summed E-state index contributed by atoms with van der Waals surface area (Å²) in [6.45, 7) is 0.0991. The Balaban J connectivity index is 2.56. The maximum Gasteiger partial charge on any atom is 0.246 e. The van der Waals surface area contributed by atoms with E-state index in [-0.39, 0.29) is 19.4 Å². The van der Waals surface area contributed by atoms with E-state index in [9.17, 15) is 14.5 Å². The van der Waals surface area contributed by atoms with Crippen molar-refractivity contribution in [3.05, 3.63) is 40.8 Å². The lowest BCUT2D eigenvalue weighted by Gasteiger charge is -2.12. The summed E-state index contributed by atoms with van der Waals surface area (Å²) in [5, 5.41) is 3.43. The molecule has 0 fully saturated rings. The van der Waals surface area contributed by atoms with Crippen LogP contribution in [0.4, 0.5) is 0 Å². The van der Waals surface area contributed by atoms with Crippen LogP contribution in [0.2, 0.25) is 0 Å². The number of carbonyl (C=O) groups excluding carboxylic acids is 2. The van der Waals surface area contributed by atoms with E-state index >= 15 is 0 Å². The first-order valence-corrected chi connectivity index (χ1v) is 5.09. The summed E-state index contributed by atoms with van der Waals surface area (Å²) in [6.07, 6.45) is -0.187. The van der Waals surface area contributed by atoms with E-state index in [0.29, 0.717) is 0 Å². The van der Waals surface area contributed by atoms with Crippen molar-refractivity contribution in [3.63, 3.8) is 0 Å². The second-order valence-corrected chi connectivity index (χ2v) is 3.48. The smallest absolute Gasteiger partial charge is 0.246 e. The van der Waals surface area contributed by atoms with E-state index < -0.39 is 11.8 Å². The molecule has 0 aliphatic carbocycles. The first-order valence-electron chi connectivity index (χ1n) is 5.09. The molecule has 0 aromatic heterocycles. The highest BCUT2D eigenvalue weighted by Crippen LogP contribution is 2.07. The zero-order chi connectivity index (χ0) is 12.7. The Morgan fingerprint density at radius 3 is 2.35 bits per heavy atom. The second kappa shape index (κ2) is 6.37. The molecule has 6 heteroatoms. The van der Waals surface area contributed by atoms with Gasteiger partial charge in [0.1, 0.15) is 0 Å². The molecule has 0 aliphatic rings. The van der Waals surface area contributed by atoms with E-state index in [1.54, 1.807) is 24.3 Å². The van der Waals surface area contributed by atoms with E-state index in [1.807, 2.05) is 6.07 Å². The van der Waals surface area contributed by atoms with Crippen LogP contribution in [-0.2, 0) is 16.1 Å². The summed E-state index contributed by atoms with van der Waals surface area (Å²) in [4.78, 5) is 32.6. The molecule has 1 aromatic carbocycles. The fourth-order valence-corrected chi connectivity index (χ4v) is 1.28. The van der Waals surface area contributed by atoms with Crippen molar-refractivity contribution in [2.75, 3.05) is 0 Å². The SMILES string of the molecule is NC(=O)CCC(=O)N(Cc1ccccc1)N=O. The standard InChI is InChI=1S/C11H13N3O3/c12-10(15)6-7-11(16)14(13-17)8-9-4-2-1-3-5-9/h1-5H,6-8H2,(H2,12,15). The van der Waals surface area contributed by atoms with Gasteiger partial charge in [-0.25, -0.2) is 0 Å². The van der Waals surface area contributed by atoms with Gasteiger partial charge < -0.3 is 5.73 Å². The van der Waals surface area contributed by atoms with Crippen LogP contribution in [0.5, 0.6) is 0 Å². The fourth-order valence-electron chi connectivity index (χ4n) is 1.28. The van der Waals surface area contributed by atoms with Crippen LogP contribution in [0.25, 0.3) is 0 Å².